The van der Waals surface area contributed by atoms with E-state index in [0.717, 1.165) is 24.8 Å². The number of aromatic nitrogens is 2. The van der Waals surface area contributed by atoms with E-state index in [9.17, 15) is 13.2 Å². The van der Waals surface area contributed by atoms with E-state index in [2.05, 4.69) is 14.7 Å². The molecule has 1 aromatic heterocycles. The number of hydrogen-bond acceptors (Lipinski definition) is 6. The first-order valence-electron chi connectivity index (χ1n) is 7.54. The van der Waals surface area contributed by atoms with Crippen LogP contribution in [0.3, 0.4) is 0 Å². The molecule has 0 aliphatic carbocycles. The molecule has 1 N–H and O–H groups in total. The third-order valence-corrected chi connectivity index (χ3v) is 4.88. The first kappa shape index (κ1) is 16.3. The van der Waals surface area contributed by atoms with Gasteiger partial charge in [0.15, 0.2) is 0 Å². The number of carbonyl (C=O) groups excluding carboxylic acids is 1. The van der Waals surface area contributed by atoms with Gasteiger partial charge in [0.2, 0.25) is 10.0 Å². The molecule has 3 heterocycles. The molecule has 0 radical (unpaired) electrons. The summed E-state index contributed by atoms with van der Waals surface area (Å²) >= 11 is 0. The highest BCUT2D eigenvalue weighted by atomic mass is 32.2. The van der Waals surface area contributed by atoms with Gasteiger partial charge >= 0.3 is 0 Å². The van der Waals surface area contributed by atoms with Gasteiger partial charge in [-0.05, 0) is 19.8 Å². The Bertz CT molecular complexity index is 691. The third-order valence-electron chi connectivity index (χ3n) is 4.15. The second-order valence-electron chi connectivity index (χ2n) is 6.04. The number of aryl methyl sites for hydroxylation is 1. The number of nitrogens with one attached hydrogen (secondary N) is 1. The maximum Gasteiger partial charge on any atom is 0.274 e. The molecule has 0 bridgehead atoms. The number of amides is 1. The summed E-state index contributed by atoms with van der Waals surface area (Å²) in [5.74, 6) is -0.240. The molecule has 1 aromatic rings. The lowest BCUT2D eigenvalue weighted by molar-refractivity contribution is -0.0157. The van der Waals surface area contributed by atoms with Crippen molar-refractivity contribution in [2.24, 2.45) is 0 Å². The lowest BCUT2D eigenvalue weighted by Gasteiger charge is -2.32. The summed E-state index contributed by atoms with van der Waals surface area (Å²) < 4.78 is 31.4. The molecular weight excluding hydrogens is 320 g/mol. The number of fused-ring (bicyclic) bond motifs is 1. The third kappa shape index (κ3) is 3.51. The van der Waals surface area contributed by atoms with Crippen molar-refractivity contribution < 1.29 is 17.9 Å². The largest absolute Gasteiger partial charge is 0.374 e. The van der Waals surface area contributed by atoms with E-state index >= 15 is 0 Å². The summed E-state index contributed by atoms with van der Waals surface area (Å²) in [4.78, 5) is 22.6. The van der Waals surface area contributed by atoms with Gasteiger partial charge in [-0.2, -0.15) is 0 Å². The quantitative estimate of drug-likeness (QED) is 0.811. The Hall–Kier alpha value is -1.58. The van der Waals surface area contributed by atoms with Gasteiger partial charge in [-0.15, -0.1) is 0 Å². The summed E-state index contributed by atoms with van der Waals surface area (Å²) in [7, 11) is -3.37. The van der Waals surface area contributed by atoms with Crippen molar-refractivity contribution in [3.63, 3.8) is 0 Å². The SMILES string of the molecule is Cc1cnc(C(=O)N2C[C@@H](NS(C)(=O)=O)[C@H]3OCCC[C@H]32)cn1. The highest BCUT2D eigenvalue weighted by Crippen LogP contribution is 2.30. The number of likely N-dealkylation sites (tertiary alicyclic amines) is 1. The molecule has 0 saturated carbocycles. The van der Waals surface area contributed by atoms with E-state index in [1.807, 2.05) is 0 Å². The second kappa shape index (κ2) is 6.14. The van der Waals surface area contributed by atoms with Gasteiger partial charge in [0.25, 0.3) is 5.91 Å². The minimum Gasteiger partial charge on any atom is -0.374 e. The van der Waals surface area contributed by atoms with Gasteiger partial charge in [0.05, 0.1) is 36.3 Å². The molecule has 3 atom stereocenters. The fourth-order valence-corrected chi connectivity index (χ4v) is 3.98. The molecule has 2 fully saturated rings. The molecule has 9 heteroatoms. The van der Waals surface area contributed by atoms with Crippen molar-refractivity contribution in [3.8, 4) is 0 Å². The Morgan fingerprint density at radius 2 is 2.17 bits per heavy atom. The summed E-state index contributed by atoms with van der Waals surface area (Å²) in [6, 6.07) is -0.573. The zero-order valence-corrected chi connectivity index (χ0v) is 13.9. The van der Waals surface area contributed by atoms with Gasteiger partial charge in [-0.25, -0.2) is 18.1 Å². The maximum atomic E-state index is 12.7. The van der Waals surface area contributed by atoms with Crippen LogP contribution in [-0.2, 0) is 14.8 Å². The normalized spacial score (nSPS) is 27.7. The fraction of sp³-hybridized carbons (Fsp3) is 0.643. The van der Waals surface area contributed by atoms with Crippen LogP contribution in [0.15, 0.2) is 12.4 Å². The van der Waals surface area contributed by atoms with E-state index in [1.54, 1.807) is 18.0 Å². The zero-order chi connectivity index (χ0) is 16.6. The topological polar surface area (TPSA) is 101 Å². The first-order chi connectivity index (χ1) is 10.8. The average molecular weight is 340 g/mol. The van der Waals surface area contributed by atoms with Gasteiger partial charge in [-0.3, -0.25) is 9.78 Å². The van der Waals surface area contributed by atoms with Crippen molar-refractivity contribution >= 4 is 15.9 Å². The standard InChI is InChI=1S/C14H20N4O4S/c1-9-6-16-10(7-15-9)14(19)18-8-11(17-23(2,20)21)13-12(18)4-3-5-22-13/h6-7,11-13,17H,3-5,8H2,1-2H3/t11-,12-,13-/m1/s1. The fourth-order valence-electron chi connectivity index (χ4n) is 3.22. The Morgan fingerprint density at radius 3 is 2.83 bits per heavy atom. The van der Waals surface area contributed by atoms with E-state index < -0.39 is 16.1 Å². The predicted molar refractivity (Wildman–Crippen MR) is 82.3 cm³/mol. The molecule has 1 amide bonds. The summed E-state index contributed by atoms with van der Waals surface area (Å²) in [6.07, 6.45) is 5.42. The van der Waals surface area contributed by atoms with Gasteiger partial charge in [-0.1, -0.05) is 0 Å². The highest BCUT2D eigenvalue weighted by Gasteiger charge is 2.47. The number of hydrogen-bond donors (Lipinski definition) is 1. The maximum absolute atomic E-state index is 12.7. The van der Waals surface area contributed by atoms with Crippen LogP contribution in [0.4, 0.5) is 0 Å². The van der Waals surface area contributed by atoms with Crippen LogP contribution < -0.4 is 4.72 Å². The average Bonchev–Trinajstić information content (AvgIpc) is 2.84. The molecule has 3 rings (SSSR count). The second-order valence-corrected chi connectivity index (χ2v) is 7.82. The Kier molecular flexibility index (Phi) is 4.35. The van der Waals surface area contributed by atoms with Crippen LogP contribution in [0.2, 0.25) is 0 Å². The van der Waals surface area contributed by atoms with Gasteiger partial charge < -0.3 is 9.64 Å². The molecule has 0 unspecified atom stereocenters. The van der Waals surface area contributed by atoms with Crippen molar-refractivity contribution in [2.75, 3.05) is 19.4 Å². The number of carbonyl (C=O) groups is 1. The van der Waals surface area contributed by atoms with Crippen LogP contribution in [0.5, 0.6) is 0 Å². The van der Waals surface area contributed by atoms with Crippen molar-refractivity contribution in [1.82, 2.24) is 19.6 Å². The number of rotatable bonds is 3. The molecule has 0 spiro atoms. The molecular formula is C14H20N4O4S. The van der Waals surface area contributed by atoms with Crippen LogP contribution in [-0.4, -0.2) is 66.8 Å². The molecule has 8 nitrogen and oxygen atoms in total. The lowest BCUT2D eigenvalue weighted by atomic mass is 10.0. The van der Waals surface area contributed by atoms with E-state index in [1.165, 1.54) is 6.20 Å². The Morgan fingerprint density at radius 1 is 1.39 bits per heavy atom. The Labute approximate surface area is 135 Å². The molecule has 2 saturated heterocycles. The first-order valence-corrected chi connectivity index (χ1v) is 9.43. The highest BCUT2D eigenvalue weighted by molar-refractivity contribution is 7.88. The minimum atomic E-state index is -3.37. The van der Waals surface area contributed by atoms with Crippen molar-refractivity contribution in [2.45, 2.75) is 38.0 Å². The molecule has 23 heavy (non-hydrogen) atoms. The number of ether oxygens (including phenoxy) is 1. The molecule has 2 aliphatic rings. The van der Waals surface area contributed by atoms with Crippen LogP contribution in [0.25, 0.3) is 0 Å². The van der Waals surface area contributed by atoms with Gasteiger partial charge in [0.1, 0.15) is 5.69 Å². The zero-order valence-electron chi connectivity index (χ0n) is 13.1. The lowest BCUT2D eigenvalue weighted by Crippen LogP contribution is -2.47. The monoisotopic (exact) mass is 340 g/mol. The number of nitrogens with zero attached hydrogens (tertiary/aromatic N) is 3. The molecule has 0 aromatic carbocycles. The predicted octanol–water partition coefficient (Wildman–Crippen LogP) is -0.294. The van der Waals surface area contributed by atoms with Crippen molar-refractivity contribution in [1.29, 1.82) is 0 Å². The van der Waals surface area contributed by atoms with Crippen molar-refractivity contribution in [3.05, 3.63) is 23.8 Å². The van der Waals surface area contributed by atoms with Crippen LogP contribution in [0.1, 0.15) is 29.0 Å². The van der Waals surface area contributed by atoms with E-state index in [0.29, 0.717) is 6.61 Å². The van der Waals surface area contributed by atoms with E-state index in [4.69, 9.17) is 4.74 Å². The summed E-state index contributed by atoms with van der Waals surface area (Å²) in [5.41, 5.74) is 0.999. The van der Waals surface area contributed by atoms with Crippen LogP contribution in [0, 0.1) is 6.92 Å². The minimum absolute atomic E-state index is 0.140. The number of sulfonamides is 1. The summed E-state index contributed by atoms with van der Waals surface area (Å²) in [6.45, 7) is 2.65. The Balaban J connectivity index is 1.83. The van der Waals surface area contributed by atoms with E-state index in [-0.39, 0.29) is 30.3 Å². The summed E-state index contributed by atoms with van der Waals surface area (Å²) in [5, 5.41) is 0. The smallest absolute Gasteiger partial charge is 0.274 e. The van der Waals surface area contributed by atoms with Crippen LogP contribution >= 0.6 is 0 Å². The molecule has 126 valence electrons. The molecule has 2 aliphatic heterocycles. The van der Waals surface area contributed by atoms with Gasteiger partial charge in [0, 0.05) is 19.3 Å².